The predicted octanol–water partition coefficient (Wildman–Crippen LogP) is 3.09. The number of rotatable bonds is 2. The Balaban J connectivity index is 1.93. The number of carbonyl (C=O) groups is 2. The van der Waals surface area contributed by atoms with Gasteiger partial charge in [-0.2, -0.15) is 0 Å². The van der Waals surface area contributed by atoms with E-state index in [1.165, 1.54) is 5.56 Å². The first-order chi connectivity index (χ1) is 9.79. The molecule has 2 aromatic carbocycles. The van der Waals surface area contributed by atoms with Gasteiger partial charge < -0.3 is 4.90 Å². The SMILES string of the molecule is O=Cc1ccc(C(=O)N2CCCc3ccccc32)cc1. The molecule has 1 amide bonds. The fourth-order valence-electron chi connectivity index (χ4n) is 2.60. The van der Waals surface area contributed by atoms with Crippen molar-refractivity contribution >= 4 is 17.9 Å². The summed E-state index contributed by atoms with van der Waals surface area (Å²) in [5, 5.41) is 0. The highest BCUT2D eigenvalue weighted by Crippen LogP contribution is 2.28. The van der Waals surface area contributed by atoms with Crippen LogP contribution < -0.4 is 4.90 Å². The molecule has 3 rings (SSSR count). The lowest BCUT2D eigenvalue weighted by molar-refractivity contribution is 0.0984. The number of aryl methyl sites for hydroxylation is 1. The van der Waals surface area contributed by atoms with Crippen molar-refractivity contribution in [1.82, 2.24) is 0 Å². The van der Waals surface area contributed by atoms with E-state index in [2.05, 4.69) is 6.07 Å². The quantitative estimate of drug-likeness (QED) is 0.782. The molecule has 2 aromatic rings. The molecule has 0 aromatic heterocycles. The van der Waals surface area contributed by atoms with Crippen LogP contribution in [0, 0.1) is 0 Å². The summed E-state index contributed by atoms with van der Waals surface area (Å²) < 4.78 is 0. The molecule has 20 heavy (non-hydrogen) atoms. The lowest BCUT2D eigenvalue weighted by atomic mass is 10.0. The molecule has 0 fully saturated rings. The van der Waals surface area contributed by atoms with Crippen molar-refractivity contribution in [3.05, 3.63) is 65.2 Å². The topological polar surface area (TPSA) is 37.4 Å². The zero-order valence-electron chi connectivity index (χ0n) is 11.1. The standard InChI is InChI=1S/C17H15NO2/c19-12-13-7-9-15(10-8-13)17(20)18-11-3-5-14-4-1-2-6-16(14)18/h1-2,4,6-10,12H,3,5,11H2. The van der Waals surface area contributed by atoms with Gasteiger partial charge in [0.05, 0.1) is 0 Å². The Bertz CT molecular complexity index is 646. The number of amides is 1. The van der Waals surface area contributed by atoms with E-state index in [1.54, 1.807) is 24.3 Å². The smallest absolute Gasteiger partial charge is 0.258 e. The minimum absolute atomic E-state index is 0.00500. The molecule has 0 spiro atoms. The average molecular weight is 265 g/mol. The van der Waals surface area contributed by atoms with E-state index in [4.69, 9.17) is 0 Å². The number of aldehydes is 1. The molecule has 0 saturated heterocycles. The van der Waals surface area contributed by atoms with Crippen molar-refractivity contribution in [2.75, 3.05) is 11.4 Å². The number of carbonyl (C=O) groups excluding carboxylic acids is 2. The first-order valence-corrected chi connectivity index (χ1v) is 6.74. The third-order valence-corrected chi connectivity index (χ3v) is 3.65. The third kappa shape index (κ3) is 2.23. The molecular formula is C17H15NO2. The second kappa shape index (κ2) is 5.29. The first-order valence-electron chi connectivity index (χ1n) is 6.74. The molecule has 0 unspecified atom stereocenters. The summed E-state index contributed by atoms with van der Waals surface area (Å²) in [4.78, 5) is 25.1. The Hall–Kier alpha value is -2.42. The largest absolute Gasteiger partial charge is 0.308 e. The molecule has 0 aliphatic carbocycles. The van der Waals surface area contributed by atoms with E-state index in [0.717, 1.165) is 31.4 Å². The molecule has 3 nitrogen and oxygen atoms in total. The number of anilines is 1. The van der Waals surface area contributed by atoms with Crippen molar-refractivity contribution in [2.24, 2.45) is 0 Å². The molecule has 0 atom stereocenters. The Labute approximate surface area is 117 Å². The Morgan fingerprint density at radius 1 is 1.05 bits per heavy atom. The van der Waals surface area contributed by atoms with Gasteiger partial charge in [0.25, 0.3) is 5.91 Å². The van der Waals surface area contributed by atoms with E-state index >= 15 is 0 Å². The number of para-hydroxylation sites is 1. The van der Waals surface area contributed by atoms with Crippen LogP contribution in [0.1, 0.15) is 32.7 Å². The normalized spacial score (nSPS) is 13.7. The Kier molecular flexibility index (Phi) is 3.33. The van der Waals surface area contributed by atoms with Crippen LogP contribution >= 0.6 is 0 Å². The van der Waals surface area contributed by atoms with Gasteiger partial charge in [0.2, 0.25) is 0 Å². The van der Waals surface area contributed by atoms with Crippen molar-refractivity contribution in [1.29, 1.82) is 0 Å². The zero-order chi connectivity index (χ0) is 13.9. The van der Waals surface area contributed by atoms with E-state index in [1.807, 2.05) is 23.1 Å². The zero-order valence-corrected chi connectivity index (χ0v) is 11.1. The van der Waals surface area contributed by atoms with Crippen molar-refractivity contribution in [3.8, 4) is 0 Å². The van der Waals surface area contributed by atoms with Gasteiger partial charge in [0.1, 0.15) is 6.29 Å². The molecule has 1 aliphatic heterocycles. The van der Waals surface area contributed by atoms with Gasteiger partial charge in [-0.15, -0.1) is 0 Å². The number of hydrogen-bond donors (Lipinski definition) is 0. The summed E-state index contributed by atoms with van der Waals surface area (Å²) in [6, 6.07) is 14.8. The van der Waals surface area contributed by atoms with Crippen LogP contribution in [0.3, 0.4) is 0 Å². The molecule has 1 heterocycles. The van der Waals surface area contributed by atoms with E-state index in [-0.39, 0.29) is 5.91 Å². The maximum Gasteiger partial charge on any atom is 0.258 e. The summed E-state index contributed by atoms with van der Waals surface area (Å²) in [5.74, 6) is -0.00500. The molecular weight excluding hydrogens is 250 g/mol. The maximum absolute atomic E-state index is 12.6. The Morgan fingerprint density at radius 2 is 1.80 bits per heavy atom. The monoisotopic (exact) mass is 265 g/mol. The van der Waals surface area contributed by atoms with Gasteiger partial charge in [-0.3, -0.25) is 9.59 Å². The van der Waals surface area contributed by atoms with Crippen LogP contribution in [0.25, 0.3) is 0 Å². The van der Waals surface area contributed by atoms with Crippen LogP contribution in [0.15, 0.2) is 48.5 Å². The summed E-state index contributed by atoms with van der Waals surface area (Å²) in [5.41, 5.74) is 3.42. The van der Waals surface area contributed by atoms with Crippen molar-refractivity contribution in [3.63, 3.8) is 0 Å². The van der Waals surface area contributed by atoms with Gasteiger partial charge in [0.15, 0.2) is 0 Å². The van der Waals surface area contributed by atoms with E-state index < -0.39 is 0 Å². The molecule has 0 radical (unpaired) electrons. The van der Waals surface area contributed by atoms with Gasteiger partial charge in [-0.25, -0.2) is 0 Å². The highest BCUT2D eigenvalue weighted by molar-refractivity contribution is 6.07. The minimum Gasteiger partial charge on any atom is -0.308 e. The minimum atomic E-state index is -0.00500. The molecule has 0 bridgehead atoms. The van der Waals surface area contributed by atoms with Crippen molar-refractivity contribution in [2.45, 2.75) is 12.8 Å². The second-order valence-electron chi connectivity index (χ2n) is 4.93. The van der Waals surface area contributed by atoms with Crippen LogP contribution in [0.2, 0.25) is 0 Å². The third-order valence-electron chi connectivity index (χ3n) is 3.65. The van der Waals surface area contributed by atoms with Crippen LogP contribution in [-0.2, 0) is 6.42 Å². The average Bonchev–Trinajstić information content (AvgIpc) is 2.54. The van der Waals surface area contributed by atoms with Gasteiger partial charge in [-0.1, -0.05) is 30.3 Å². The van der Waals surface area contributed by atoms with Gasteiger partial charge in [-0.05, 0) is 36.6 Å². The first kappa shape index (κ1) is 12.6. The van der Waals surface area contributed by atoms with E-state index in [0.29, 0.717) is 11.1 Å². The summed E-state index contributed by atoms with van der Waals surface area (Å²) >= 11 is 0. The number of fused-ring (bicyclic) bond motifs is 1. The molecule has 1 aliphatic rings. The fourth-order valence-corrected chi connectivity index (χ4v) is 2.60. The van der Waals surface area contributed by atoms with Crippen LogP contribution in [0.5, 0.6) is 0 Å². The second-order valence-corrected chi connectivity index (χ2v) is 4.93. The van der Waals surface area contributed by atoms with Crippen LogP contribution in [-0.4, -0.2) is 18.7 Å². The lowest BCUT2D eigenvalue weighted by Crippen LogP contribution is -2.35. The van der Waals surface area contributed by atoms with E-state index in [9.17, 15) is 9.59 Å². The molecule has 3 heteroatoms. The number of hydrogen-bond acceptors (Lipinski definition) is 2. The molecule has 0 saturated carbocycles. The summed E-state index contributed by atoms with van der Waals surface area (Å²) in [7, 11) is 0. The van der Waals surface area contributed by atoms with Gasteiger partial charge >= 0.3 is 0 Å². The molecule has 0 N–H and O–H groups in total. The number of nitrogens with zero attached hydrogens (tertiary/aromatic N) is 1. The fraction of sp³-hybridized carbons (Fsp3) is 0.176. The highest BCUT2D eigenvalue weighted by atomic mass is 16.2. The Morgan fingerprint density at radius 3 is 2.55 bits per heavy atom. The van der Waals surface area contributed by atoms with Crippen LogP contribution in [0.4, 0.5) is 5.69 Å². The predicted molar refractivity (Wildman–Crippen MR) is 78.3 cm³/mol. The van der Waals surface area contributed by atoms with Crippen molar-refractivity contribution < 1.29 is 9.59 Å². The van der Waals surface area contributed by atoms with Gasteiger partial charge in [0, 0.05) is 23.4 Å². The highest BCUT2D eigenvalue weighted by Gasteiger charge is 2.22. The maximum atomic E-state index is 12.6. The molecule has 100 valence electrons. The summed E-state index contributed by atoms with van der Waals surface area (Å²) in [6.45, 7) is 0.741. The number of benzene rings is 2. The summed E-state index contributed by atoms with van der Waals surface area (Å²) in [6.07, 6.45) is 2.78. The lowest BCUT2D eigenvalue weighted by Gasteiger charge is -2.29.